The van der Waals surface area contributed by atoms with E-state index in [1.807, 2.05) is 36.4 Å². The number of rotatable bonds is 21. The Balaban J connectivity index is 1.07. The molecule has 0 radical (unpaired) electrons. The Hall–Kier alpha value is -4.43. The SMILES string of the molecule is C=CCc1ccc(O)c(-c2cc(CC=C)cc(CNCCCCCCCCCC[P+](c3ccccc3)(c3ccccc3)c3ccccc3)c2O)c1. The molecular formula is C47H55NO2P+. The monoisotopic (exact) mass is 696 g/mol. The Morgan fingerprint density at radius 1 is 0.529 bits per heavy atom. The Bertz CT molecular complexity index is 1710. The van der Waals surface area contributed by atoms with Crippen LogP contribution in [0.3, 0.4) is 0 Å². The van der Waals surface area contributed by atoms with Gasteiger partial charge in [0.2, 0.25) is 0 Å². The highest BCUT2D eigenvalue weighted by Gasteiger charge is 2.44. The number of phenolic OH excluding ortho intramolecular Hbond substituents is 2. The van der Waals surface area contributed by atoms with Gasteiger partial charge >= 0.3 is 0 Å². The molecule has 0 atom stereocenters. The quantitative estimate of drug-likeness (QED) is 0.0407. The predicted molar refractivity (Wildman–Crippen MR) is 222 cm³/mol. The van der Waals surface area contributed by atoms with Crippen molar-refractivity contribution in [3.8, 4) is 22.6 Å². The Morgan fingerprint density at radius 3 is 1.57 bits per heavy atom. The third-order valence-corrected chi connectivity index (χ3v) is 14.4. The van der Waals surface area contributed by atoms with Crippen molar-refractivity contribution in [1.82, 2.24) is 5.32 Å². The first-order chi connectivity index (χ1) is 25.1. The number of unbranched alkanes of at least 4 members (excludes halogenated alkanes) is 7. The van der Waals surface area contributed by atoms with Gasteiger partial charge in [0.25, 0.3) is 0 Å². The predicted octanol–water partition coefficient (Wildman–Crippen LogP) is 10.4. The zero-order chi connectivity index (χ0) is 35.7. The molecule has 0 fully saturated rings. The number of hydrogen-bond donors (Lipinski definition) is 3. The second kappa shape index (κ2) is 19.8. The van der Waals surface area contributed by atoms with Crippen LogP contribution in [0.15, 0.2) is 147 Å². The number of aromatic hydroxyl groups is 2. The molecule has 5 aromatic rings. The van der Waals surface area contributed by atoms with E-state index < -0.39 is 7.26 Å². The molecule has 0 amide bonds. The fourth-order valence-corrected chi connectivity index (χ4v) is 11.7. The molecule has 4 heteroatoms. The Labute approximate surface area is 307 Å². The molecule has 0 saturated carbocycles. The first-order valence-electron chi connectivity index (χ1n) is 18.7. The molecule has 0 saturated heterocycles. The summed E-state index contributed by atoms with van der Waals surface area (Å²) in [5.74, 6) is 0.381. The second-order valence-electron chi connectivity index (χ2n) is 13.5. The van der Waals surface area contributed by atoms with Gasteiger partial charge in [-0.15, -0.1) is 13.2 Å². The minimum Gasteiger partial charge on any atom is -0.507 e. The van der Waals surface area contributed by atoms with Gasteiger partial charge in [0.1, 0.15) is 34.7 Å². The van der Waals surface area contributed by atoms with E-state index in [1.165, 1.54) is 67.0 Å². The van der Waals surface area contributed by atoms with Crippen molar-refractivity contribution in [1.29, 1.82) is 0 Å². The van der Waals surface area contributed by atoms with Crippen molar-refractivity contribution in [2.24, 2.45) is 0 Å². The number of hydrogen-bond acceptors (Lipinski definition) is 3. The number of nitrogens with one attached hydrogen (secondary N) is 1. The lowest BCUT2D eigenvalue weighted by Crippen LogP contribution is -2.33. The van der Waals surface area contributed by atoms with Gasteiger partial charge in [-0.05, 0) is 104 Å². The molecule has 0 spiro atoms. The van der Waals surface area contributed by atoms with Gasteiger partial charge in [-0.1, -0.05) is 111 Å². The highest BCUT2D eigenvalue weighted by Crippen LogP contribution is 2.56. The van der Waals surface area contributed by atoms with E-state index in [9.17, 15) is 10.2 Å². The van der Waals surface area contributed by atoms with Gasteiger partial charge in [0, 0.05) is 23.2 Å². The summed E-state index contributed by atoms with van der Waals surface area (Å²) in [6, 6.07) is 43.2. The summed E-state index contributed by atoms with van der Waals surface area (Å²) < 4.78 is 0. The molecule has 3 nitrogen and oxygen atoms in total. The molecule has 0 aromatic heterocycles. The molecule has 264 valence electrons. The largest absolute Gasteiger partial charge is 0.507 e. The molecule has 0 heterocycles. The van der Waals surface area contributed by atoms with Crippen LogP contribution in [0.5, 0.6) is 11.5 Å². The van der Waals surface area contributed by atoms with E-state index in [4.69, 9.17) is 0 Å². The second-order valence-corrected chi connectivity index (χ2v) is 17.1. The van der Waals surface area contributed by atoms with Crippen molar-refractivity contribution < 1.29 is 10.2 Å². The molecule has 3 N–H and O–H groups in total. The van der Waals surface area contributed by atoms with Crippen molar-refractivity contribution in [2.45, 2.75) is 70.8 Å². The van der Waals surface area contributed by atoms with Crippen LogP contribution < -0.4 is 21.2 Å². The van der Waals surface area contributed by atoms with Crippen LogP contribution in [-0.4, -0.2) is 22.9 Å². The van der Waals surface area contributed by atoms with Crippen LogP contribution >= 0.6 is 7.26 Å². The maximum absolute atomic E-state index is 11.3. The van der Waals surface area contributed by atoms with E-state index >= 15 is 0 Å². The van der Waals surface area contributed by atoms with E-state index in [1.54, 1.807) is 6.07 Å². The summed E-state index contributed by atoms with van der Waals surface area (Å²) in [6.45, 7) is 9.23. The molecule has 0 bridgehead atoms. The minimum absolute atomic E-state index is 0.161. The zero-order valence-electron chi connectivity index (χ0n) is 30.1. The lowest BCUT2D eigenvalue weighted by molar-refractivity contribution is 0.461. The fraction of sp³-hybridized carbons (Fsp3) is 0.277. The van der Waals surface area contributed by atoms with Crippen molar-refractivity contribution in [3.05, 3.63) is 163 Å². The molecular weight excluding hydrogens is 641 g/mol. The van der Waals surface area contributed by atoms with E-state index in [-0.39, 0.29) is 11.5 Å². The molecule has 0 unspecified atom stereocenters. The normalized spacial score (nSPS) is 11.4. The van der Waals surface area contributed by atoms with Crippen LogP contribution in [0.1, 0.15) is 68.1 Å². The van der Waals surface area contributed by atoms with Gasteiger partial charge in [0.15, 0.2) is 0 Å². The third kappa shape index (κ3) is 10.1. The first kappa shape index (κ1) is 37.8. The van der Waals surface area contributed by atoms with Gasteiger partial charge in [-0.2, -0.15) is 0 Å². The molecule has 0 aliphatic carbocycles. The maximum Gasteiger partial charge on any atom is 0.128 e. The van der Waals surface area contributed by atoms with Crippen molar-refractivity contribution >= 4 is 23.2 Å². The summed E-state index contributed by atoms with van der Waals surface area (Å²) in [6.07, 6.45) is 16.2. The Morgan fingerprint density at radius 2 is 1.02 bits per heavy atom. The number of benzene rings is 5. The standard InChI is InChI=1S/C47H54NO2P/c1-3-22-38-30-31-46(49)44(35-38)45-36-39(23-4-2)34-40(47(45)50)37-48-32-20-9-7-5-6-8-10-21-33-51(41-24-14-11-15-25-41,42-26-16-12-17-27-42)43-28-18-13-19-29-43/h3-4,11-19,24-31,34-36,48H,1-2,5-10,20-23,32-33,37H2,(H-,49,50)/p+1. The average Bonchev–Trinajstić information content (AvgIpc) is 3.17. The van der Waals surface area contributed by atoms with Gasteiger partial charge in [0.05, 0.1) is 6.16 Å². The zero-order valence-corrected chi connectivity index (χ0v) is 31.0. The molecule has 51 heavy (non-hydrogen) atoms. The van der Waals surface area contributed by atoms with Gasteiger partial charge in [-0.3, -0.25) is 0 Å². The lowest BCUT2D eigenvalue weighted by atomic mass is 9.94. The first-order valence-corrected chi connectivity index (χ1v) is 20.7. The summed E-state index contributed by atoms with van der Waals surface area (Å²) in [7, 11) is -1.73. The number of phenols is 2. The highest BCUT2D eigenvalue weighted by molar-refractivity contribution is 7.95. The maximum atomic E-state index is 11.3. The molecule has 0 aliphatic heterocycles. The summed E-state index contributed by atoms with van der Waals surface area (Å²) in [5.41, 5.74) is 4.25. The van der Waals surface area contributed by atoms with Gasteiger partial charge in [-0.25, -0.2) is 0 Å². The number of allylic oxidation sites excluding steroid dienone is 2. The highest BCUT2D eigenvalue weighted by atomic mass is 31.2. The Kier molecular flexibility index (Phi) is 14.7. The fourth-order valence-electron chi connectivity index (χ4n) is 7.24. The smallest absolute Gasteiger partial charge is 0.128 e. The van der Waals surface area contributed by atoms with Crippen molar-refractivity contribution in [2.75, 3.05) is 12.7 Å². The average molecular weight is 697 g/mol. The summed E-state index contributed by atoms with van der Waals surface area (Å²) >= 11 is 0. The topological polar surface area (TPSA) is 52.5 Å². The van der Waals surface area contributed by atoms with Crippen LogP contribution in [0.25, 0.3) is 11.1 Å². The third-order valence-electron chi connectivity index (χ3n) is 9.86. The van der Waals surface area contributed by atoms with Gasteiger partial charge < -0.3 is 15.5 Å². The van der Waals surface area contributed by atoms with Crippen LogP contribution in [0.4, 0.5) is 0 Å². The van der Waals surface area contributed by atoms with E-state index in [0.717, 1.165) is 29.7 Å². The molecule has 0 aliphatic rings. The minimum atomic E-state index is -1.73. The van der Waals surface area contributed by atoms with Crippen LogP contribution in [0, 0.1) is 0 Å². The van der Waals surface area contributed by atoms with Crippen LogP contribution in [0.2, 0.25) is 0 Å². The van der Waals surface area contributed by atoms with Crippen molar-refractivity contribution in [3.63, 3.8) is 0 Å². The summed E-state index contributed by atoms with van der Waals surface area (Å²) in [5, 5.41) is 29.9. The van der Waals surface area contributed by atoms with Crippen LogP contribution in [-0.2, 0) is 19.4 Å². The lowest BCUT2D eigenvalue weighted by Gasteiger charge is -2.27. The summed E-state index contributed by atoms with van der Waals surface area (Å²) in [4.78, 5) is 0. The molecule has 5 aromatic carbocycles. The van der Waals surface area contributed by atoms with E-state index in [2.05, 4.69) is 109 Å². The molecule has 5 rings (SSSR count). The van der Waals surface area contributed by atoms with E-state index in [0.29, 0.717) is 30.5 Å².